The van der Waals surface area contributed by atoms with E-state index in [2.05, 4.69) is 34.5 Å². The Labute approximate surface area is 111 Å². The highest BCUT2D eigenvalue weighted by molar-refractivity contribution is 5.64. The lowest BCUT2D eigenvalue weighted by molar-refractivity contribution is 0.829. The van der Waals surface area contributed by atoms with Gasteiger partial charge >= 0.3 is 0 Å². The third-order valence-electron chi connectivity index (χ3n) is 3.33. The predicted molar refractivity (Wildman–Crippen MR) is 76.0 cm³/mol. The van der Waals surface area contributed by atoms with Gasteiger partial charge in [-0.2, -0.15) is 0 Å². The van der Waals surface area contributed by atoms with Crippen LogP contribution < -0.4 is 5.73 Å². The number of anilines is 1. The van der Waals surface area contributed by atoms with E-state index < -0.39 is 0 Å². The van der Waals surface area contributed by atoms with Crippen LogP contribution in [0.5, 0.6) is 0 Å². The van der Waals surface area contributed by atoms with Gasteiger partial charge in [-0.05, 0) is 31.0 Å². The van der Waals surface area contributed by atoms with Gasteiger partial charge in [-0.15, -0.1) is 10.2 Å². The largest absolute Gasteiger partial charge is 0.396 e. The van der Waals surface area contributed by atoms with Crippen LogP contribution in [0, 0.1) is 6.92 Å². The van der Waals surface area contributed by atoms with Crippen LogP contribution in [0.1, 0.15) is 17.1 Å². The van der Waals surface area contributed by atoms with E-state index in [4.69, 9.17) is 5.73 Å². The number of hydrogen-bond acceptors (Lipinski definition) is 3. The van der Waals surface area contributed by atoms with Crippen molar-refractivity contribution in [2.75, 3.05) is 5.73 Å². The minimum atomic E-state index is 0.670. The number of pyridine rings is 1. The lowest BCUT2D eigenvalue weighted by Crippen LogP contribution is -2.02. The number of nitrogens with zero attached hydrogens (tertiary/aromatic N) is 3. The quantitative estimate of drug-likeness (QED) is 0.778. The van der Waals surface area contributed by atoms with Gasteiger partial charge in [0.25, 0.3) is 0 Å². The molecule has 96 valence electrons. The van der Waals surface area contributed by atoms with Crippen LogP contribution in [-0.4, -0.2) is 14.6 Å². The van der Waals surface area contributed by atoms with Crippen LogP contribution in [0.3, 0.4) is 0 Å². The Balaban J connectivity index is 1.92. The summed E-state index contributed by atoms with van der Waals surface area (Å²) in [5, 5.41) is 8.44. The molecular weight excluding hydrogens is 236 g/mol. The molecule has 3 rings (SSSR count). The summed E-state index contributed by atoms with van der Waals surface area (Å²) in [4.78, 5) is 0. The zero-order valence-electron chi connectivity index (χ0n) is 10.9. The highest BCUT2D eigenvalue weighted by Crippen LogP contribution is 2.16. The van der Waals surface area contributed by atoms with Gasteiger partial charge in [-0.3, -0.25) is 4.40 Å². The zero-order chi connectivity index (χ0) is 13.2. The van der Waals surface area contributed by atoms with Crippen molar-refractivity contribution < 1.29 is 0 Å². The molecule has 4 nitrogen and oxygen atoms in total. The molecule has 3 aromatic rings. The summed E-state index contributed by atoms with van der Waals surface area (Å²) in [7, 11) is 0. The summed E-state index contributed by atoms with van der Waals surface area (Å²) in [6, 6.07) is 14.3. The Morgan fingerprint density at radius 1 is 1.00 bits per heavy atom. The van der Waals surface area contributed by atoms with Gasteiger partial charge in [-0.25, -0.2) is 0 Å². The van der Waals surface area contributed by atoms with Gasteiger partial charge in [0.2, 0.25) is 0 Å². The van der Waals surface area contributed by atoms with Gasteiger partial charge < -0.3 is 5.73 Å². The average molecular weight is 252 g/mol. The lowest BCUT2D eigenvalue weighted by Gasteiger charge is -2.05. The van der Waals surface area contributed by atoms with Crippen LogP contribution in [0.2, 0.25) is 0 Å². The first kappa shape index (κ1) is 11.7. The van der Waals surface area contributed by atoms with E-state index in [1.54, 1.807) is 0 Å². The van der Waals surface area contributed by atoms with Crippen LogP contribution >= 0.6 is 0 Å². The standard InChI is InChI=1S/C15H16N4/c1-11-7-9-13(16)15-18-17-14(19(11)15)10-8-12-5-3-2-4-6-12/h2-7,9H,8,10,16H2,1H3. The van der Waals surface area contributed by atoms with Gasteiger partial charge in [0.1, 0.15) is 5.82 Å². The maximum Gasteiger partial charge on any atom is 0.184 e. The number of aromatic nitrogens is 3. The number of aryl methyl sites for hydroxylation is 3. The number of fused-ring (bicyclic) bond motifs is 1. The number of hydrogen-bond donors (Lipinski definition) is 1. The van der Waals surface area contributed by atoms with Crippen molar-refractivity contribution in [3.63, 3.8) is 0 Å². The highest BCUT2D eigenvalue weighted by Gasteiger charge is 2.09. The Kier molecular flexibility index (Phi) is 2.91. The molecule has 0 radical (unpaired) electrons. The van der Waals surface area contributed by atoms with Crippen molar-refractivity contribution in [2.24, 2.45) is 0 Å². The fourth-order valence-electron chi connectivity index (χ4n) is 2.30. The van der Waals surface area contributed by atoms with E-state index in [0.29, 0.717) is 5.69 Å². The highest BCUT2D eigenvalue weighted by atomic mass is 15.3. The molecule has 0 unspecified atom stereocenters. The molecular formula is C15H16N4. The number of nitrogens with two attached hydrogens (primary N) is 1. The predicted octanol–water partition coefficient (Wildman–Crippen LogP) is 2.41. The van der Waals surface area contributed by atoms with E-state index in [0.717, 1.165) is 30.0 Å². The summed E-state index contributed by atoms with van der Waals surface area (Å²) in [6.07, 6.45) is 1.81. The number of nitrogen functional groups attached to an aromatic ring is 1. The second-order valence-corrected chi connectivity index (χ2v) is 4.69. The topological polar surface area (TPSA) is 56.2 Å². The monoisotopic (exact) mass is 252 g/mol. The maximum absolute atomic E-state index is 5.92. The molecule has 4 heteroatoms. The molecule has 0 saturated heterocycles. The summed E-state index contributed by atoms with van der Waals surface area (Å²) < 4.78 is 2.04. The minimum absolute atomic E-state index is 0.670. The molecule has 0 fully saturated rings. The van der Waals surface area contributed by atoms with E-state index in [1.165, 1.54) is 5.56 Å². The molecule has 0 aliphatic rings. The second kappa shape index (κ2) is 4.72. The lowest BCUT2D eigenvalue weighted by atomic mass is 10.1. The molecule has 1 aromatic carbocycles. The van der Waals surface area contributed by atoms with E-state index in [-0.39, 0.29) is 0 Å². The van der Waals surface area contributed by atoms with Gasteiger partial charge in [0.15, 0.2) is 5.65 Å². The summed E-state index contributed by atoms with van der Waals surface area (Å²) in [5.41, 5.74) is 9.76. The van der Waals surface area contributed by atoms with Gasteiger partial charge in [0, 0.05) is 12.1 Å². The average Bonchev–Trinajstić information content (AvgIpc) is 2.87. The van der Waals surface area contributed by atoms with Crippen molar-refractivity contribution in [1.29, 1.82) is 0 Å². The molecule has 0 atom stereocenters. The van der Waals surface area contributed by atoms with Crippen molar-refractivity contribution in [1.82, 2.24) is 14.6 Å². The number of rotatable bonds is 3. The summed E-state index contributed by atoms with van der Waals surface area (Å²) >= 11 is 0. The van der Waals surface area contributed by atoms with Crippen LogP contribution in [0.15, 0.2) is 42.5 Å². The Morgan fingerprint density at radius 3 is 2.58 bits per heavy atom. The van der Waals surface area contributed by atoms with Crippen LogP contribution in [-0.2, 0) is 12.8 Å². The molecule has 0 spiro atoms. The Hall–Kier alpha value is -2.36. The van der Waals surface area contributed by atoms with Crippen molar-refractivity contribution in [2.45, 2.75) is 19.8 Å². The fraction of sp³-hybridized carbons (Fsp3) is 0.200. The maximum atomic E-state index is 5.92. The smallest absolute Gasteiger partial charge is 0.184 e. The zero-order valence-corrected chi connectivity index (χ0v) is 10.9. The summed E-state index contributed by atoms with van der Waals surface area (Å²) in [6.45, 7) is 2.04. The van der Waals surface area contributed by atoms with Crippen molar-refractivity contribution >= 4 is 11.3 Å². The molecule has 0 aliphatic heterocycles. The molecule has 0 bridgehead atoms. The Bertz CT molecular complexity index is 701. The first-order valence-corrected chi connectivity index (χ1v) is 6.39. The van der Waals surface area contributed by atoms with E-state index >= 15 is 0 Å². The normalized spacial score (nSPS) is 11.0. The first-order chi connectivity index (χ1) is 9.25. The molecule has 0 saturated carbocycles. The minimum Gasteiger partial charge on any atom is -0.396 e. The molecule has 2 heterocycles. The molecule has 2 N–H and O–H groups in total. The molecule has 19 heavy (non-hydrogen) atoms. The van der Waals surface area contributed by atoms with Crippen molar-refractivity contribution in [3.8, 4) is 0 Å². The van der Waals surface area contributed by atoms with Gasteiger partial charge in [0.05, 0.1) is 5.69 Å². The summed E-state index contributed by atoms with van der Waals surface area (Å²) in [5.74, 6) is 0.962. The van der Waals surface area contributed by atoms with Crippen LogP contribution in [0.4, 0.5) is 5.69 Å². The van der Waals surface area contributed by atoms with E-state index in [9.17, 15) is 0 Å². The third-order valence-corrected chi connectivity index (χ3v) is 3.33. The Morgan fingerprint density at radius 2 is 1.79 bits per heavy atom. The van der Waals surface area contributed by atoms with Crippen molar-refractivity contribution in [3.05, 3.63) is 59.5 Å². The second-order valence-electron chi connectivity index (χ2n) is 4.69. The molecule has 2 aromatic heterocycles. The molecule has 0 amide bonds. The SMILES string of the molecule is Cc1ccc(N)c2nnc(CCc3ccccc3)n12. The number of benzene rings is 1. The molecule has 0 aliphatic carbocycles. The van der Waals surface area contributed by atoms with Gasteiger partial charge in [-0.1, -0.05) is 30.3 Å². The first-order valence-electron chi connectivity index (χ1n) is 6.39. The van der Waals surface area contributed by atoms with Crippen LogP contribution in [0.25, 0.3) is 5.65 Å². The third kappa shape index (κ3) is 2.17. The van der Waals surface area contributed by atoms with E-state index in [1.807, 2.05) is 29.5 Å². The fourth-order valence-corrected chi connectivity index (χ4v) is 2.30.